The molecular weight excluding hydrogens is 236 g/mol. The molecule has 0 saturated heterocycles. The van der Waals surface area contributed by atoms with E-state index in [1.807, 2.05) is 25.1 Å². The standard InChI is InChI=1S/C12H14N2O2S/c1-4-14(8(2)15)12-11-9(16-3)6-5-7-10(11)17-13-12/h5-7H,4H2,1-3H3. The number of aromatic nitrogens is 1. The number of rotatable bonds is 3. The van der Waals surface area contributed by atoms with Crippen LogP contribution in [-0.4, -0.2) is 23.9 Å². The molecule has 0 saturated carbocycles. The van der Waals surface area contributed by atoms with Crippen LogP contribution in [0.3, 0.4) is 0 Å². The van der Waals surface area contributed by atoms with Gasteiger partial charge < -0.3 is 4.74 Å². The van der Waals surface area contributed by atoms with Crippen molar-refractivity contribution in [1.82, 2.24) is 4.37 Å². The molecule has 0 aliphatic heterocycles. The summed E-state index contributed by atoms with van der Waals surface area (Å²) in [6.07, 6.45) is 0. The van der Waals surface area contributed by atoms with E-state index < -0.39 is 0 Å². The van der Waals surface area contributed by atoms with E-state index in [4.69, 9.17) is 4.74 Å². The second-order valence-corrected chi connectivity index (χ2v) is 4.41. The number of amides is 1. The lowest BCUT2D eigenvalue weighted by Gasteiger charge is -2.17. The highest BCUT2D eigenvalue weighted by Gasteiger charge is 2.18. The quantitative estimate of drug-likeness (QED) is 0.841. The van der Waals surface area contributed by atoms with Gasteiger partial charge in [0.25, 0.3) is 0 Å². The second-order valence-electron chi connectivity index (χ2n) is 3.60. The Kier molecular flexibility index (Phi) is 3.28. The van der Waals surface area contributed by atoms with Crippen molar-refractivity contribution in [3.8, 4) is 5.75 Å². The fourth-order valence-corrected chi connectivity index (χ4v) is 2.62. The normalized spacial score (nSPS) is 10.5. The maximum atomic E-state index is 11.6. The monoisotopic (exact) mass is 250 g/mol. The van der Waals surface area contributed by atoms with Crippen molar-refractivity contribution in [3.63, 3.8) is 0 Å². The predicted octanol–water partition coefficient (Wildman–Crippen LogP) is 2.68. The van der Waals surface area contributed by atoms with Gasteiger partial charge in [-0.25, -0.2) is 0 Å². The van der Waals surface area contributed by atoms with Crippen LogP contribution < -0.4 is 9.64 Å². The molecule has 0 N–H and O–H groups in total. The number of fused-ring (bicyclic) bond motifs is 1. The summed E-state index contributed by atoms with van der Waals surface area (Å²) in [4.78, 5) is 13.2. The third-order valence-corrected chi connectivity index (χ3v) is 3.42. The molecule has 90 valence electrons. The third-order valence-electron chi connectivity index (χ3n) is 2.61. The lowest BCUT2D eigenvalue weighted by atomic mass is 10.2. The van der Waals surface area contributed by atoms with Gasteiger partial charge in [0.05, 0.1) is 17.2 Å². The van der Waals surface area contributed by atoms with E-state index in [-0.39, 0.29) is 5.91 Å². The first-order valence-corrected chi connectivity index (χ1v) is 6.16. The smallest absolute Gasteiger partial charge is 0.225 e. The lowest BCUT2D eigenvalue weighted by molar-refractivity contribution is -0.116. The van der Waals surface area contributed by atoms with Gasteiger partial charge in [-0.15, -0.1) is 0 Å². The zero-order valence-electron chi connectivity index (χ0n) is 10.1. The molecule has 4 nitrogen and oxygen atoms in total. The Labute approximate surface area is 104 Å². The van der Waals surface area contributed by atoms with Crippen LogP contribution in [0.15, 0.2) is 18.2 Å². The maximum absolute atomic E-state index is 11.6. The summed E-state index contributed by atoms with van der Waals surface area (Å²) in [6.45, 7) is 4.08. The highest BCUT2D eigenvalue weighted by molar-refractivity contribution is 7.13. The van der Waals surface area contributed by atoms with Crippen molar-refractivity contribution in [2.45, 2.75) is 13.8 Å². The molecule has 0 aliphatic rings. The zero-order valence-corrected chi connectivity index (χ0v) is 10.9. The molecule has 0 radical (unpaired) electrons. The average molecular weight is 250 g/mol. The highest BCUT2D eigenvalue weighted by Crippen LogP contribution is 2.36. The fraction of sp³-hybridized carbons (Fsp3) is 0.333. The molecule has 17 heavy (non-hydrogen) atoms. The summed E-state index contributed by atoms with van der Waals surface area (Å²) >= 11 is 1.38. The predicted molar refractivity (Wildman–Crippen MR) is 69.9 cm³/mol. The van der Waals surface area contributed by atoms with Crippen molar-refractivity contribution >= 4 is 33.3 Å². The van der Waals surface area contributed by atoms with Crippen LogP contribution in [0.5, 0.6) is 5.75 Å². The van der Waals surface area contributed by atoms with Gasteiger partial charge in [-0.05, 0) is 30.6 Å². The van der Waals surface area contributed by atoms with Crippen molar-refractivity contribution in [1.29, 1.82) is 0 Å². The van der Waals surface area contributed by atoms with Crippen LogP contribution in [0.2, 0.25) is 0 Å². The van der Waals surface area contributed by atoms with Gasteiger partial charge in [0.2, 0.25) is 5.91 Å². The van der Waals surface area contributed by atoms with Crippen molar-refractivity contribution in [2.24, 2.45) is 0 Å². The molecule has 1 amide bonds. The topological polar surface area (TPSA) is 42.4 Å². The molecule has 0 aliphatic carbocycles. The van der Waals surface area contributed by atoms with Crippen LogP contribution in [0.4, 0.5) is 5.82 Å². The van der Waals surface area contributed by atoms with Crippen LogP contribution in [0.1, 0.15) is 13.8 Å². The summed E-state index contributed by atoms with van der Waals surface area (Å²) in [5, 5.41) is 0.914. The van der Waals surface area contributed by atoms with Gasteiger partial charge in [0.1, 0.15) is 5.75 Å². The molecule has 0 fully saturated rings. The third kappa shape index (κ3) is 1.98. The highest BCUT2D eigenvalue weighted by atomic mass is 32.1. The molecule has 2 aromatic rings. The number of methoxy groups -OCH3 is 1. The molecule has 1 aromatic carbocycles. The first-order valence-electron chi connectivity index (χ1n) is 5.39. The Balaban J connectivity index is 2.65. The number of carbonyl (C=O) groups is 1. The Bertz CT molecular complexity index is 550. The minimum absolute atomic E-state index is 0.00870. The van der Waals surface area contributed by atoms with E-state index >= 15 is 0 Å². The maximum Gasteiger partial charge on any atom is 0.225 e. The molecule has 1 aromatic heterocycles. The average Bonchev–Trinajstić information content (AvgIpc) is 2.73. The minimum atomic E-state index is -0.00870. The molecule has 0 spiro atoms. The Morgan fingerprint density at radius 1 is 1.53 bits per heavy atom. The SMILES string of the molecule is CCN(C(C)=O)c1nsc2cccc(OC)c12. The summed E-state index contributed by atoms with van der Waals surface area (Å²) in [7, 11) is 1.63. The van der Waals surface area contributed by atoms with Gasteiger partial charge in [0, 0.05) is 13.5 Å². The van der Waals surface area contributed by atoms with Crippen LogP contribution in [0, 0.1) is 0 Å². The van der Waals surface area contributed by atoms with Crippen molar-refractivity contribution in [3.05, 3.63) is 18.2 Å². The molecular formula is C12H14N2O2S. The van der Waals surface area contributed by atoms with E-state index in [9.17, 15) is 4.79 Å². The number of hydrogen-bond acceptors (Lipinski definition) is 4. The second kappa shape index (κ2) is 4.71. The molecule has 2 rings (SSSR count). The van der Waals surface area contributed by atoms with Gasteiger partial charge in [0.15, 0.2) is 5.82 Å². The number of benzene rings is 1. The van der Waals surface area contributed by atoms with E-state index in [0.29, 0.717) is 12.4 Å². The van der Waals surface area contributed by atoms with E-state index in [0.717, 1.165) is 15.8 Å². The Hall–Kier alpha value is -1.62. The molecule has 5 heteroatoms. The van der Waals surface area contributed by atoms with E-state index in [1.165, 1.54) is 11.5 Å². The summed E-state index contributed by atoms with van der Waals surface area (Å²) < 4.78 is 10.7. The summed E-state index contributed by atoms with van der Waals surface area (Å²) in [6, 6.07) is 5.79. The molecule has 0 unspecified atom stereocenters. The largest absolute Gasteiger partial charge is 0.496 e. The van der Waals surface area contributed by atoms with Gasteiger partial charge in [-0.3, -0.25) is 9.69 Å². The van der Waals surface area contributed by atoms with Gasteiger partial charge in [-0.1, -0.05) is 6.07 Å². The van der Waals surface area contributed by atoms with Crippen molar-refractivity contribution in [2.75, 3.05) is 18.6 Å². The molecule has 1 heterocycles. The first kappa shape index (κ1) is 11.9. The number of carbonyl (C=O) groups excluding carboxylic acids is 1. The Morgan fingerprint density at radius 3 is 2.88 bits per heavy atom. The van der Waals surface area contributed by atoms with Gasteiger partial charge >= 0.3 is 0 Å². The zero-order chi connectivity index (χ0) is 12.4. The van der Waals surface area contributed by atoms with E-state index in [2.05, 4.69) is 4.37 Å². The number of nitrogens with zero attached hydrogens (tertiary/aromatic N) is 2. The molecule has 0 atom stereocenters. The summed E-state index contributed by atoms with van der Waals surface area (Å²) in [5.41, 5.74) is 0. The number of hydrogen-bond donors (Lipinski definition) is 0. The first-order chi connectivity index (χ1) is 8.19. The number of ether oxygens (including phenoxy) is 1. The number of anilines is 1. The Morgan fingerprint density at radius 2 is 2.29 bits per heavy atom. The van der Waals surface area contributed by atoms with E-state index in [1.54, 1.807) is 18.9 Å². The fourth-order valence-electron chi connectivity index (χ4n) is 1.82. The minimum Gasteiger partial charge on any atom is -0.496 e. The van der Waals surface area contributed by atoms with Gasteiger partial charge in [-0.2, -0.15) is 4.37 Å². The van der Waals surface area contributed by atoms with Crippen LogP contribution >= 0.6 is 11.5 Å². The summed E-state index contributed by atoms with van der Waals surface area (Å²) in [5.74, 6) is 1.44. The van der Waals surface area contributed by atoms with Crippen LogP contribution in [0.25, 0.3) is 10.1 Å². The lowest BCUT2D eigenvalue weighted by Crippen LogP contribution is -2.28. The van der Waals surface area contributed by atoms with Crippen LogP contribution in [-0.2, 0) is 4.79 Å². The molecule has 0 bridgehead atoms. The van der Waals surface area contributed by atoms with Crippen molar-refractivity contribution < 1.29 is 9.53 Å².